The molecule has 0 unspecified atom stereocenters. The van der Waals surface area contributed by atoms with Gasteiger partial charge in [-0.15, -0.1) is 5.10 Å². The lowest BCUT2D eigenvalue weighted by atomic mass is 10.1. The van der Waals surface area contributed by atoms with Gasteiger partial charge in [0.25, 0.3) is 5.91 Å². The van der Waals surface area contributed by atoms with Gasteiger partial charge in [0.15, 0.2) is 0 Å². The third-order valence-electron chi connectivity index (χ3n) is 5.61. The minimum atomic E-state index is -0.601. The summed E-state index contributed by atoms with van der Waals surface area (Å²) in [5.74, 6) is 0.0674. The third kappa shape index (κ3) is 4.11. The van der Waals surface area contributed by atoms with E-state index in [0.717, 1.165) is 18.5 Å². The quantitative estimate of drug-likeness (QED) is 0.479. The standard InChI is InChI=1S/C23H23FN8O/c1-13(2)32-22(28-29-30-32)18-5-4-6-21(26-18)27-23(33)16-10-20(14(3)9-17(16)24)31-11-19(25-12-31)15-7-8-15/h4-6,9-13,15H,7-8H2,1-3H3,(H,26,27,33). The molecule has 9 nitrogen and oxygen atoms in total. The van der Waals surface area contributed by atoms with E-state index in [2.05, 4.69) is 30.8 Å². The zero-order chi connectivity index (χ0) is 23.1. The van der Waals surface area contributed by atoms with Crippen LogP contribution in [0.3, 0.4) is 0 Å². The molecular weight excluding hydrogens is 423 g/mol. The molecule has 1 aliphatic rings. The van der Waals surface area contributed by atoms with E-state index in [1.54, 1.807) is 42.2 Å². The summed E-state index contributed by atoms with van der Waals surface area (Å²) in [6.45, 7) is 5.72. The molecule has 3 heterocycles. The molecule has 33 heavy (non-hydrogen) atoms. The van der Waals surface area contributed by atoms with Gasteiger partial charge >= 0.3 is 0 Å². The zero-order valence-electron chi connectivity index (χ0n) is 18.5. The van der Waals surface area contributed by atoms with Crippen LogP contribution in [-0.4, -0.2) is 40.6 Å². The zero-order valence-corrected chi connectivity index (χ0v) is 18.5. The van der Waals surface area contributed by atoms with Crippen molar-refractivity contribution >= 4 is 11.7 Å². The molecule has 1 saturated carbocycles. The van der Waals surface area contributed by atoms with E-state index in [4.69, 9.17) is 0 Å². The van der Waals surface area contributed by atoms with E-state index in [0.29, 0.717) is 28.7 Å². The van der Waals surface area contributed by atoms with Crippen molar-refractivity contribution in [2.24, 2.45) is 0 Å². The Morgan fingerprint density at radius 1 is 1.24 bits per heavy atom. The fraction of sp³-hybridized carbons (Fsp3) is 0.304. The molecule has 0 radical (unpaired) electrons. The number of imidazole rings is 1. The maximum Gasteiger partial charge on any atom is 0.259 e. The number of aromatic nitrogens is 7. The molecule has 5 rings (SSSR count). The molecule has 10 heteroatoms. The Labute approximate surface area is 189 Å². The van der Waals surface area contributed by atoms with Crippen LogP contribution in [0.2, 0.25) is 0 Å². The molecule has 0 aliphatic heterocycles. The number of pyridine rings is 1. The number of anilines is 1. The second kappa shape index (κ2) is 8.19. The second-order valence-corrected chi connectivity index (χ2v) is 8.50. The van der Waals surface area contributed by atoms with E-state index in [1.807, 2.05) is 24.6 Å². The van der Waals surface area contributed by atoms with Crippen molar-refractivity contribution < 1.29 is 9.18 Å². The van der Waals surface area contributed by atoms with Crippen molar-refractivity contribution in [3.8, 4) is 17.2 Å². The average Bonchev–Trinajstić information content (AvgIpc) is 3.31. The minimum Gasteiger partial charge on any atom is -0.306 e. The molecule has 1 N–H and O–H groups in total. The Bertz CT molecular complexity index is 1340. The van der Waals surface area contributed by atoms with E-state index < -0.39 is 11.7 Å². The summed E-state index contributed by atoms with van der Waals surface area (Å²) in [6, 6.07) is 8.07. The first kappa shape index (κ1) is 20.9. The first-order valence-corrected chi connectivity index (χ1v) is 10.8. The summed E-state index contributed by atoms with van der Waals surface area (Å²) in [7, 11) is 0. The molecule has 0 saturated heterocycles. The van der Waals surface area contributed by atoms with Crippen molar-refractivity contribution in [1.82, 2.24) is 34.7 Å². The normalized spacial score (nSPS) is 13.5. The van der Waals surface area contributed by atoms with Crippen LogP contribution in [-0.2, 0) is 0 Å². The highest BCUT2D eigenvalue weighted by molar-refractivity contribution is 6.04. The largest absolute Gasteiger partial charge is 0.306 e. The molecule has 1 amide bonds. The highest BCUT2D eigenvalue weighted by Gasteiger charge is 2.26. The summed E-state index contributed by atoms with van der Waals surface area (Å²) in [5, 5.41) is 14.4. The molecule has 0 atom stereocenters. The number of rotatable bonds is 6. The number of nitrogens with zero attached hydrogens (tertiary/aromatic N) is 7. The maximum atomic E-state index is 14.8. The number of halogens is 1. The monoisotopic (exact) mass is 446 g/mol. The van der Waals surface area contributed by atoms with Gasteiger partial charge in [0.2, 0.25) is 5.82 Å². The van der Waals surface area contributed by atoms with E-state index in [1.165, 1.54) is 6.07 Å². The summed E-state index contributed by atoms with van der Waals surface area (Å²) in [6.07, 6.45) is 5.94. The van der Waals surface area contributed by atoms with Crippen LogP contribution in [0.1, 0.15) is 60.3 Å². The van der Waals surface area contributed by atoms with Crippen LogP contribution in [0.25, 0.3) is 17.2 Å². The Kier molecular flexibility index (Phi) is 5.20. The molecule has 4 aromatic rings. The maximum absolute atomic E-state index is 14.8. The molecule has 1 fully saturated rings. The molecule has 0 bridgehead atoms. The Hall–Kier alpha value is -3.95. The van der Waals surface area contributed by atoms with Gasteiger partial charge in [-0.3, -0.25) is 4.79 Å². The Balaban J connectivity index is 1.42. The molecule has 1 aliphatic carbocycles. The van der Waals surface area contributed by atoms with Crippen LogP contribution in [0.5, 0.6) is 0 Å². The van der Waals surface area contributed by atoms with Crippen molar-refractivity contribution in [2.75, 3.05) is 5.32 Å². The van der Waals surface area contributed by atoms with Crippen LogP contribution in [0.15, 0.2) is 42.9 Å². The number of benzene rings is 1. The number of nitrogens with one attached hydrogen (secondary N) is 1. The number of tetrazole rings is 1. The molecule has 0 spiro atoms. The summed E-state index contributed by atoms with van der Waals surface area (Å²) in [4.78, 5) is 21.9. The molecular formula is C23H23FN8O. The highest BCUT2D eigenvalue weighted by Crippen LogP contribution is 2.39. The molecule has 3 aromatic heterocycles. The van der Waals surface area contributed by atoms with Crippen LogP contribution < -0.4 is 5.32 Å². The first-order valence-electron chi connectivity index (χ1n) is 10.8. The number of hydrogen-bond donors (Lipinski definition) is 1. The van der Waals surface area contributed by atoms with Crippen molar-refractivity contribution in [3.63, 3.8) is 0 Å². The van der Waals surface area contributed by atoms with Gasteiger partial charge in [-0.25, -0.2) is 19.0 Å². The summed E-state index contributed by atoms with van der Waals surface area (Å²) >= 11 is 0. The van der Waals surface area contributed by atoms with Crippen molar-refractivity contribution in [3.05, 3.63) is 65.5 Å². The lowest BCUT2D eigenvalue weighted by Crippen LogP contribution is -2.16. The summed E-state index contributed by atoms with van der Waals surface area (Å²) < 4.78 is 18.2. The van der Waals surface area contributed by atoms with E-state index >= 15 is 0 Å². The van der Waals surface area contributed by atoms with Gasteiger partial charge in [-0.2, -0.15) is 0 Å². The number of amides is 1. The van der Waals surface area contributed by atoms with Gasteiger partial charge in [-0.1, -0.05) is 6.07 Å². The smallest absolute Gasteiger partial charge is 0.259 e. The van der Waals surface area contributed by atoms with Gasteiger partial charge in [0.1, 0.15) is 17.3 Å². The lowest BCUT2D eigenvalue weighted by Gasteiger charge is -2.12. The second-order valence-electron chi connectivity index (χ2n) is 8.50. The lowest BCUT2D eigenvalue weighted by molar-refractivity contribution is 0.102. The highest BCUT2D eigenvalue weighted by atomic mass is 19.1. The predicted octanol–water partition coefficient (Wildman–Crippen LogP) is 4.08. The van der Waals surface area contributed by atoms with Crippen LogP contribution >= 0.6 is 0 Å². The number of carbonyl (C=O) groups is 1. The Morgan fingerprint density at radius 2 is 2.06 bits per heavy atom. The first-order chi connectivity index (χ1) is 15.9. The Morgan fingerprint density at radius 3 is 2.82 bits per heavy atom. The third-order valence-corrected chi connectivity index (χ3v) is 5.61. The van der Waals surface area contributed by atoms with Crippen LogP contribution in [0, 0.1) is 12.7 Å². The predicted molar refractivity (Wildman–Crippen MR) is 120 cm³/mol. The van der Waals surface area contributed by atoms with Crippen molar-refractivity contribution in [2.45, 2.75) is 45.6 Å². The van der Waals surface area contributed by atoms with Gasteiger partial charge < -0.3 is 9.88 Å². The SMILES string of the molecule is Cc1cc(F)c(C(=O)Nc2cccc(-c3nnnn3C(C)C)n2)cc1-n1cnc(C2CC2)c1. The van der Waals surface area contributed by atoms with Gasteiger partial charge in [0, 0.05) is 12.1 Å². The molecule has 168 valence electrons. The summed E-state index contributed by atoms with van der Waals surface area (Å²) in [5.41, 5.74) is 2.87. The van der Waals surface area contributed by atoms with E-state index in [9.17, 15) is 9.18 Å². The fourth-order valence-electron chi connectivity index (χ4n) is 3.70. The topological polar surface area (TPSA) is 103 Å². The number of aryl methyl sites for hydroxylation is 1. The number of carbonyl (C=O) groups excluding carboxylic acids is 1. The number of hydrogen-bond acceptors (Lipinski definition) is 6. The average molecular weight is 446 g/mol. The fourth-order valence-corrected chi connectivity index (χ4v) is 3.70. The minimum absolute atomic E-state index is 0.0405. The van der Waals surface area contributed by atoms with Crippen molar-refractivity contribution in [1.29, 1.82) is 0 Å². The van der Waals surface area contributed by atoms with Crippen LogP contribution in [0.4, 0.5) is 10.2 Å². The van der Waals surface area contributed by atoms with E-state index in [-0.39, 0.29) is 17.4 Å². The van der Waals surface area contributed by atoms with Gasteiger partial charge in [-0.05, 0) is 73.9 Å². The molecule has 1 aromatic carbocycles. The van der Waals surface area contributed by atoms with Gasteiger partial charge in [0.05, 0.1) is 29.3 Å².